The van der Waals surface area contributed by atoms with E-state index in [1.165, 1.54) is 23.1 Å². The summed E-state index contributed by atoms with van der Waals surface area (Å²) in [5.41, 5.74) is 1.70. The number of rotatable bonds is 6. The zero-order valence-corrected chi connectivity index (χ0v) is 18.8. The summed E-state index contributed by atoms with van der Waals surface area (Å²) < 4.78 is 39.6. The van der Waals surface area contributed by atoms with Gasteiger partial charge in [0.05, 0.1) is 12.2 Å². The number of benzene rings is 2. The largest absolute Gasteiger partial charge is 0.347 e. The van der Waals surface area contributed by atoms with E-state index in [0.717, 1.165) is 29.0 Å². The summed E-state index contributed by atoms with van der Waals surface area (Å²) in [7, 11) is 0. The molecule has 0 bridgehead atoms. The highest BCUT2D eigenvalue weighted by Crippen LogP contribution is 2.31. The third-order valence-electron chi connectivity index (χ3n) is 5.38. The molecule has 3 aromatic rings. The van der Waals surface area contributed by atoms with Crippen molar-refractivity contribution >= 4 is 28.4 Å². The molecule has 4 rings (SSSR count). The number of aromatic nitrogens is 1. The molecule has 1 aliphatic rings. The average molecular weight is 475 g/mol. The van der Waals surface area contributed by atoms with Crippen LogP contribution in [0.1, 0.15) is 33.4 Å². The number of hydrogen-bond donors (Lipinski definition) is 1. The first-order valence-corrected chi connectivity index (χ1v) is 11.1. The van der Waals surface area contributed by atoms with Gasteiger partial charge in [-0.2, -0.15) is 0 Å². The molecule has 172 valence electrons. The van der Waals surface area contributed by atoms with Gasteiger partial charge in [0.15, 0.2) is 16.8 Å². The first-order valence-electron chi connectivity index (χ1n) is 10.2. The fourth-order valence-corrected chi connectivity index (χ4v) is 4.56. The highest BCUT2D eigenvalue weighted by atomic mass is 32.1. The van der Waals surface area contributed by atoms with Crippen molar-refractivity contribution in [1.29, 1.82) is 0 Å². The molecule has 6 nitrogen and oxygen atoms in total. The van der Waals surface area contributed by atoms with E-state index in [-0.39, 0.29) is 24.4 Å². The monoisotopic (exact) mass is 474 g/mol. The van der Waals surface area contributed by atoms with Crippen LogP contribution in [0.3, 0.4) is 0 Å². The van der Waals surface area contributed by atoms with Crippen molar-refractivity contribution in [3.63, 3.8) is 0 Å². The Bertz CT molecular complexity index is 1200. The standard InChI is InChI=1S/C23H21F3N4O2S/c1-13-11-30(23(32)29(13)12-15-3-6-17(24)7-4-15)22-28-14(2)20(33-22)21(31)27-10-16-5-8-18(25)19(26)9-16/h3-9,13H,10-12H2,1-2H3,(H,27,31). The third-order valence-corrected chi connectivity index (χ3v) is 6.56. The van der Waals surface area contributed by atoms with Crippen molar-refractivity contribution < 1.29 is 22.8 Å². The summed E-state index contributed by atoms with van der Waals surface area (Å²) in [6, 6.07) is 9.07. The normalized spacial score (nSPS) is 15.9. The Balaban J connectivity index is 1.44. The Labute approximate surface area is 192 Å². The molecule has 1 unspecified atom stereocenters. The van der Waals surface area contributed by atoms with Gasteiger partial charge in [-0.25, -0.2) is 22.9 Å². The number of carbonyl (C=O) groups is 2. The van der Waals surface area contributed by atoms with Crippen LogP contribution in [0.25, 0.3) is 0 Å². The first-order chi connectivity index (χ1) is 15.7. The number of thiazole rings is 1. The fraction of sp³-hybridized carbons (Fsp3) is 0.261. The van der Waals surface area contributed by atoms with Crippen LogP contribution >= 0.6 is 11.3 Å². The van der Waals surface area contributed by atoms with Gasteiger partial charge in [0.1, 0.15) is 10.7 Å². The number of amides is 3. The molecule has 3 amide bonds. The molecule has 1 fully saturated rings. The van der Waals surface area contributed by atoms with Gasteiger partial charge in [0.2, 0.25) is 0 Å². The molecule has 1 saturated heterocycles. The number of nitrogens with one attached hydrogen (secondary N) is 1. The lowest BCUT2D eigenvalue weighted by molar-refractivity contribution is 0.0954. The van der Waals surface area contributed by atoms with Crippen molar-refractivity contribution in [1.82, 2.24) is 15.2 Å². The maximum atomic E-state index is 13.4. The lowest BCUT2D eigenvalue weighted by atomic mass is 10.2. The van der Waals surface area contributed by atoms with Crippen LogP contribution < -0.4 is 10.2 Å². The van der Waals surface area contributed by atoms with E-state index in [4.69, 9.17) is 0 Å². The Kier molecular flexibility index (Phi) is 6.37. The topological polar surface area (TPSA) is 65.5 Å². The number of carbonyl (C=O) groups excluding carboxylic acids is 2. The zero-order valence-electron chi connectivity index (χ0n) is 17.9. The minimum atomic E-state index is -0.982. The summed E-state index contributed by atoms with van der Waals surface area (Å²) in [6.07, 6.45) is 0. The van der Waals surface area contributed by atoms with Gasteiger partial charge in [0, 0.05) is 19.1 Å². The highest BCUT2D eigenvalue weighted by molar-refractivity contribution is 7.17. The predicted molar refractivity (Wildman–Crippen MR) is 119 cm³/mol. The van der Waals surface area contributed by atoms with Crippen LogP contribution in [-0.2, 0) is 13.1 Å². The molecule has 2 heterocycles. The van der Waals surface area contributed by atoms with Gasteiger partial charge in [-0.1, -0.05) is 29.5 Å². The Morgan fingerprint density at radius 1 is 1.12 bits per heavy atom. The van der Waals surface area contributed by atoms with E-state index in [2.05, 4.69) is 10.3 Å². The van der Waals surface area contributed by atoms with Gasteiger partial charge in [-0.05, 0) is 49.2 Å². The second-order valence-electron chi connectivity index (χ2n) is 7.84. The van der Waals surface area contributed by atoms with Gasteiger partial charge in [0.25, 0.3) is 5.91 Å². The van der Waals surface area contributed by atoms with Gasteiger partial charge in [-0.15, -0.1) is 0 Å². The summed E-state index contributed by atoms with van der Waals surface area (Å²) in [5, 5.41) is 3.08. The Morgan fingerprint density at radius 2 is 1.82 bits per heavy atom. The van der Waals surface area contributed by atoms with E-state index in [1.807, 2.05) is 6.92 Å². The number of aryl methyl sites for hydroxylation is 1. The van der Waals surface area contributed by atoms with E-state index in [9.17, 15) is 22.8 Å². The second kappa shape index (κ2) is 9.22. The molecule has 10 heteroatoms. The summed E-state index contributed by atoms with van der Waals surface area (Å²) in [6.45, 7) is 4.35. The Hall–Kier alpha value is -3.40. The summed E-state index contributed by atoms with van der Waals surface area (Å²) >= 11 is 1.09. The van der Waals surface area contributed by atoms with Gasteiger partial charge in [-0.3, -0.25) is 9.69 Å². The van der Waals surface area contributed by atoms with Crippen molar-refractivity contribution in [2.75, 3.05) is 11.4 Å². The van der Waals surface area contributed by atoms with E-state index in [1.54, 1.807) is 24.0 Å². The number of anilines is 1. The van der Waals surface area contributed by atoms with Gasteiger partial charge < -0.3 is 10.2 Å². The van der Waals surface area contributed by atoms with E-state index < -0.39 is 17.5 Å². The molecule has 1 atom stereocenters. The average Bonchev–Trinajstić information content (AvgIpc) is 3.30. The van der Waals surface area contributed by atoms with Crippen LogP contribution in [0.15, 0.2) is 42.5 Å². The molecular weight excluding hydrogens is 453 g/mol. The van der Waals surface area contributed by atoms with Crippen molar-refractivity contribution in [3.8, 4) is 0 Å². The molecule has 0 aliphatic carbocycles. The number of halogens is 3. The molecular formula is C23H21F3N4O2S. The number of urea groups is 1. The van der Waals surface area contributed by atoms with Crippen molar-refractivity contribution in [2.45, 2.75) is 33.0 Å². The minimum Gasteiger partial charge on any atom is -0.347 e. The van der Waals surface area contributed by atoms with E-state index in [0.29, 0.717) is 34.4 Å². The summed E-state index contributed by atoms with van der Waals surface area (Å²) in [4.78, 5) is 33.6. The molecule has 0 spiro atoms. The molecule has 1 aliphatic heterocycles. The molecule has 33 heavy (non-hydrogen) atoms. The van der Waals surface area contributed by atoms with Crippen LogP contribution in [0.2, 0.25) is 0 Å². The van der Waals surface area contributed by atoms with Gasteiger partial charge >= 0.3 is 6.03 Å². The van der Waals surface area contributed by atoms with Crippen LogP contribution in [0.5, 0.6) is 0 Å². The fourth-order valence-electron chi connectivity index (χ4n) is 3.57. The maximum Gasteiger partial charge on any atom is 0.326 e. The zero-order chi connectivity index (χ0) is 23.7. The molecule has 0 saturated carbocycles. The molecule has 2 aromatic carbocycles. The highest BCUT2D eigenvalue weighted by Gasteiger charge is 2.37. The van der Waals surface area contributed by atoms with Crippen molar-refractivity contribution in [3.05, 3.63) is 81.6 Å². The SMILES string of the molecule is Cc1nc(N2CC(C)N(Cc3ccc(F)cc3)C2=O)sc1C(=O)NCc1ccc(F)c(F)c1. The van der Waals surface area contributed by atoms with Crippen LogP contribution in [-0.4, -0.2) is 34.4 Å². The second-order valence-corrected chi connectivity index (χ2v) is 8.82. The predicted octanol–water partition coefficient (Wildman–Crippen LogP) is 4.63. The van der Waals surface area contributed by atoms with Crippen LogP contribution in [0, 0.1) is 24.4 Å². The lowest BCUT2D eigenvalue weighted by Crippen LogP contribution is -2.33. The lowest BCUT2D eigenvalue weighted by Gasteiger charge is -2.20. The minimum absolute atomic E-state index is 0.0217. The maximum absolute atomic E-state index is 13.4. The van der Waals surface area contributed by atoms with Crippen LogP contribution in [0.4, 0.5) is 23.1 Å². The third kappa shape index (κ3) is 4.85. The summed E-state index contributed by atoms with van der Waals surface area (Å²) in [5.74, 6) is -2.69. The quantitative estimate of drug-likeness (QED) is 0.567. The molecule has 1 aromatic heterocycles. The smallest absolute Gasteiger partial charge is 0.326 e. The number of hydrogen-bond acceptors (Lipinski definition) is 4. The first kappa shape index (κ1) is 22.8. The Morgan fingerprint density at radius 3 is 2.52 bits per heavy atom. The van der Waals surface area contributed by atoms with E-state index >= 15 is 0 Å². The number of nitrogens with zero attached hydrogens (tertiary/aromatic N) is 3. The van der Waals surface area contributed by atoms with Crippen molar-refractivity contribution in [2.24, 2.45) is 0 Å². The molecule has 1 N–H and O–H groups in total. The molecule has 0 radical (unpaired) electrons.